The minimum Gasteiger partial charge on any atom is -0.398 e. The number of fused-ring (bicyclic) bond motifs is 1. The van der Waals surface area contributed by atoms with Crippen molar-refractivity contribution in [2.75, 3.05) is 5.73 Å². The Hall–Kier alpha value is -2.24. The largest absolute Gasteiger partial charge is 0.398 e. The van der Waals surface area contributed by atoms with Crippen molar-refractivity contribution >= 4 is 38.6 Å². The van der Waals surface area contributed by atoms with Crippen molar-refractivity contribution in [3.05, 3.63) is 53.9 Å². The van der Waals surface area contributed by atoms with Gasteiger partial charge in [0.25, 0.3) is 0 Å². The highest BCUT2D eigenvalue weighted by atomic mass is 32.1. The van der Waals surface area contributed by atoms with Gasteiger partial charge >= 0.3 is 0 Å². The summed E-state index contributed by atoms with van der Waals surface area (Å²) < 4.78 is 1.18. The number of hydrogen-bond acceptors (Lipinski definition) is 5. The highest BCUT2D eigenvalue weighted by Crippen LogP contribution is 2.35. The van der Waals surface area contributed by atoms with Crippen LogP contribution in [0.3, 0.4) is 0 Å². The minimum absolute atomic E-state index is 0.752. The molecule has 0 saturated heterocycles. The van der Waals surface area contributed by atoms with E-state index in [1.807, 2.05) is 47.8 Å². The van der Waals surface area contributed by atoms with Gasteiger partial charge in [0.15, 0.2) is 0 Å². The van der Waals surface area contributed by atoms with Gasteiger partial charge in [0.05, 0.1) is 10.2 Å². The summed E-state index contributed by atoms with van der Waals surface area (Å²) in [6, 6.07) is 15.9. The number of anilines is 1. The lowest BCUT2D eigenvalue weighted by Crippen LogP contribution is -1.88. The Balaban J connectivity index is 1.79. The van der Waals surface area contributed by atoms with Crippen LogP contribution in [0.15, 0.2) is 53.9 Å². The molecule has 5 heteroatoms. The fourth-order valence-electron chi connectivity index (χ4n) is 2.17. The lowest BCUT2D eigenvalue weighted by molar-refractivity contribution is 1.37. The van der Waals surface area contributed by atoms with Gasteiger partial charge in [0.1, 0.15) is 15.7 Å². The first kappa shape index (κ1) is 12.5. The average molecular weight is 309 g/mol. The molecule has 0 atom stereocenters. The summed E-state index contributed by atoms with van der Waals surface area (Å²) in [6.07, 6.45) is 0. The Kier molecular flexibility index (Phi) is 2.94. The first-order chi connectivity index (χ1) is 10.3. The van der Waals surface area contributed by atoms with Crippen LogP contribution in [0.2, 0.25) is 0 Å². The second kappa shape index (κ2) is 4.95. The van der Waals surface area contributed by atoms with Crippen molar-refractivity contribution in [1.82, 2.24) is 9.97 Å². The first-order valence-electron chi connectivity index (χ1n) is 6.47. The van der Waals surface area contributed by atoms with Crippen LogP contribution in [0, 0.1) is 0 Å². The lowest BCUT2D eigenvalue weighted by atomic mass is 10.2. The van der Waals surface area contributed by atoms with E-state index in [9.17, 15) is 0 Å². The second-order valence-electron chi connectivity index (χ2n) is 4.61. The Bertz CT molecular complexity index is 891. The zero-order valence-corrected chi connectivity index (χ0v) is 12.6. The van der Waals surface area contributed by atoms with E-state index < -0.39 is 0 Å². The molecule has 3 nitrogen and oxygen atoms in total. The number of para-hydroxylation sites is 2. The third-order valence-electron chi connectivity index (χ3n) is 3.21. The highest BCUT2D eigenvalue weighted by molar-refractivity contribution is 7.22. The van der Waals surface area contributed by atoms with Crippen LogP contribution in [0.25, 0.3) is 31.5 Å². The van der Waals surface area contributed by atoms with Gasteiger partial charge in [-0.25, -0.2) is 9.97 Å². The van der Waals surface area contributed by atoms with Gasteiger partial charge in [0, 0.05) is 16.6 Å². The van der Waals surface area contributed by atoms with E-state index in [0.29, 0.717) is 0 Å². The van der Waals surface area contributed by atoms with Gasteiger partial charge < -0.3 is 5.73 Å². The Morgan fingerprint density at radius 2 is 1.67 bits per heavy atom. The normalized spacial score (nSPS) is 11.0. The molecule has 4 rings (SSSR count). The molecule has 0 aliphatic carbocycles. The molecule has 2 heterocycles. The summed E-state index contributed by atoms with van der Waals surface area (Å²) in [6.45, 7) is 0. The van der Waals surface area contributed by atoms with E-state index in [2.05, 4.69) is 11.1 Å². The monoisotopic (exact) mass is 309 g/mol. The van der Waals surface area contributed by atoms with E-state index >= 15 is 0 Å². The summed E-state index contributed by atoms with van der Waals surface area (Å²) >= 11 is 3.26. The van der Waals surface area contributed by atoms with E-state index in [1.54, 1.807) is 22.7 Å². The smallest absolute Gasteiger partial charge is 0.144 e. The molecule has 2 aromatic carbocycles. The highest BCUT2D eigenvalue weighted by Gasteiger charge is 2.12. The predicted octanol–water partition coefficient (Wildman–Crippen LogP) is 4.67. The lowest BCUT2D eigenvalue weighted by Gasteiger charge is -1.99. The summed E-state index contributed by atoms with van der Waals surface area (Å²) in [4.78, 5) is 9.34. The molecular weight excluding hydrogens is 298 g/mol. The fourth-order valence-corrected chi connectivity index (χ4v) is 4.02. The van der Waals surface area contributed by atoms with Crippen molar-refractivity contribution in [2.45, 2.75) is 0 Å². The fraction of sp³-hybridized carbons (Fsp3) is 0. The topological polar surface area (TPSA) is 51.8 Å². The molecule has 0 bridgehead atoms. The molecule has 0 saturated carbocycles. The standard InChI is InChI=1S/C16H11N3S2/c17-11-6-2-1-5-10(11)15-19-13(9-20-15)16-18-12-7-3-4-8-14(12)21-16/h1-9H,17H2. The molecule has 2 N–H and O–H groups in total. The summed E-state index contributed by atoms with van der Waals surface area (Å²) in [5.41, 5.74) is 9.69. The third-order valence-corrected chi connectivity index (χ3v) is 5.14. The molecule has 0 aliphatic heterocycles. The Morgan fingerprint density at radius 1 is 0.857 bits per heavy atom. The molecular formula is C16H11N3S2. The molecule has 0 spiro atoms. The maximum atomic E-state index is 6.02. The molecule has 0 fully saturated rings. The molecule has 4 aromatic rings. The van der Waals surface area contributed by atoms with Crippen LogP contribution in [-0.2, 0) is 0 Å². The molecule has 21 heavy (non-hydrogen) atoms. The maximum absolute atomic E-state index is 6.02. The van der Waals surface area contributed by atoms with Crippen molar-refractivity contribution in [2.24, 2.45) is 0 Å². The Labute approximate surface area is 129 Å². The van der Waals surface area contributed by atoms with Crippen LogP contribution in [0.5, 0.6) is 0 Å². The summed E-state index contributed by atoms with van der Waals surface area (Å²) in [5.74, 6) is 0. The van der Waals surface area contributed by atoms with Crippen LogP contribution < -0.4 is 5.73 Å². The van der Waals surface area contributed by atoms with Crippen molar-refractivity contribution in [3.8, 4) is 21.3 Å². The zero-order valence-electron chi connectivity index (χ0n) is 11.0. The van der Waals surface area contributed by atoms with Crippen LogP contribution >= 0.6 is 22.7 Å². The van der Waals surface area contributed by atoms with E-state index in [-0.39, 0.29) is 0 Å². The average Bonchev–Trinajstić information content (AvgIpc) is 3.14. The minimum atomic E-state index is 0.752. The van der Waals surface area contributed by atoms with Crippen LogP contribution in [0.1, 0.15) is 0 Å². The molecule has 0 amide bonds. The quantitative estimate of drug-likeness (QED) is 0.547. The third kappa shape index (κ3) is 2.20. The van der Waals surface area contributed by atoms with Gasteiger partial charge in [-0.1, -0.05) is 24.3 Å². The maximum Gasteiger partial charge on any atom is 0.144 e. The Morgan fingerprint density at radius 3 is 2.52 bits per heavy atom. The number of benzene rings is 2. The number of hydrogen-bond donors (Lipinski definition) is 1. The van der Waals surface area contributed by atoms with Crippen LogP contribution in [0.4, 0.5) is 5.69 Å². The molecule has 2 aromatic heterocycles. The molecule has 0 aliphatic rings. The number of aromatic nitrogens is 2. The van der Waals surface area contributed by atoms with Gasteiger partial charge in [-0.15, -0.1) is 22.7 Å². The van der Waals surface area contributed by atoms with Gasteiger partial charge in [-0.2, -0.15) is 0 Å². The SMILES string of the molecule is Nc1ccccc1-c1nc(-c2nc3ccccc3s2)cs1. The van der Waals surface area contributed by atoms with Gasteiger partial charge in [-0.3, -0.25) is 0 Å². The first-order valence-corrected chi connectivity index (χ1v) is 8.17. The second-order valence-corrected chi connectivity index (χ2v) is 6.50. The van der Waals surface area contributed by atoms with Crippen LogP contribution in [-0.4, -0.2) is 9.97 Å². The van der Waals surface area contributed by atoms with E-state index in [0.717, 1.165) is 32.5 Å². The van der Waals surface area contributed by atoms with Crippen molar-refractivity contribution < 1.29 is 0 Å². The van der Waals surface area contributed by atoms with E-state index in [4.69, 9.17) is 10.7 Å². The van der Waals surface area contributed by atoms with Crippen molar-refractivity contribution in [1.29, 1.82) is 0 Å². The zero-order chi connectivity index (χ0) is 14.2. The van der Waals surface area contributed by atoms with Gasteiger partial charge in [-0.05, 0) is 24.3 Å². The predicted molar refractivity (Wildman–Crippen MR) is 90.6 cm³/mol. The van der Waals surface area contributed by atoms with Crippen molar-refractivity contribution in [3.63, 3.8) is 0 Å². The number of rotatable bonds is 2. The molecule has 0 unspecified atom stereocenters. The molecule has 0 radical (unpaired) electrons. The number of thiazole rings is 2. The van der Waals surface area contributed by atoms with Gasteiger partial charge in [0.2, 0.25) is 0 Å². The number of nitrogen functional groups attached to an aromatic ring is 1. The number of nitrogens with zero attached hydrogens (tertiary/aromatic N) is 2. The number of nitrogens with two attached hydrogens (primary N) is 1. The summed E-state index contributed by atoms with van der Waals surface area (Å²) in [5, 5.41) is 3.93. The van der Waals surface area contributed by atoms with E-state index in [1.165, 1.54) is 4.70 Å². The molecule has 102 valence electrons. The summed E-state index contributed by atoms with van der Waals surface area (Å²) in [7, 11) is 0.